The molecule has 2 aromatic heterocycles. The third-order valence-electron chi connectivity index (χ3n) is 5.59. The van der Waals surface area contributed by atoms with Crippen LogP contribution in [0.4, 0.5) is 0 Å². The number of hydrogen-bond acceptors (Lipinski definition) is 5. The Morgan fingerprint density at radius 1 is 1.42 bits per heavy atom. The topological polar surface area (TPSA) is 65.2 Å². The minimum Gasteiger partial charge on any atom is -0.456 e. The van der Waals surface area contributed by atoms with Crippen LogP contribution in [0, 0.1) is 5.41 Å². The molecule has 0 bridgehead atoms. The van der Waals surface area contributed by atoms with Crippen LogP contribution in [-0.4, -0.2) is 15.9 Å². The van der Waals surface area contributed by atoms with Gasteiger partial charge in [0.15, 0.2) is 11.7 Å². The highest BCUT2D eigenvalue weighted by Gasteiger charge is 2.31. The number of oxazole rings is 1. The molecule has 6 heteroatoms. The summed E-state index contributed by atoms with van der Waals surface area (Å²) in [4.78, 5) is 20.2. The minimum atomic E-state index is -0.304. The molecule has 138 valence electrons. The van der Waals surface area contributed by atoms with E-state index in [-0.39, 0.29) is 12.1 Å². The largest absolute Gasteiger partial charge is 0.456 e. The maximum absolute atomic E-state index is 11.2. The normalized spacial score (nSPS) is 21.0. The summed E-state index contributed by atoms with van der Waals surface area (Å²) in [6, 6.07) is 2.00. The van der Waals surface area contributed by atoms with Crippen molar-refractivity contribution in [2.75, 3.05) is 0 Å². The molecule has 1 unspecified atom stereocenters. The van der Waals surface area contributed by atoms with Crippen LogP contribution < -0.4 is 0 Å². The van der Waals surface area contributed by atoms with E-state index in [4.69, 9.17) is 20.8 Å². The van der Waals surface area contributed by atoms with Gasteiger partial charge in [-0.15, -0.1) is 0 Å². The van der Waals surface area contributed by atoms with Crippen LogP contribution in [0.2, 0.25) is 5.15 Å². The molecule has 2 heterocycles. The number of nitrogens with zero attached hydrogens (tertiary/aromatic N) is 2. The molecule has 0 amide bonds. The van der Waals surface area contributed by atoms with Crippen molar-refractivity contribution in [1.82, 2.24) is 9.97 Å². The van der Waals surface area contributed by atoms with Crippen molar-refractivity contribution in [1.29, 1.82) is 0 Å². The van der Waals surface area contributed by atoms with Crippen LogP contribution in [0.5, 0.6) is 0 Å². The molecule has 5 nitrogen and oxygen atoms in total. The number of esters is 1. The molecule has 4 rings (SSSR count). The lowest BCUT2D eigenvalue weighted by Crippen LogP contribution is -2.14. The summed E-state index contributed by atoms with van der Waals surface area (Å²) in [6.45, 7) is 3.72. The summed E-state index contributed by atoms with van der Waals surface area (Å²) in [5.74, 6) is 1.11. The highest BCUT2D eigenvalue weighted by atomic mass is 35.5. The maximum atomic E-state index is 11.2. The lowest BCUT2D eigenvalue weighted by atomic mass is 9.85. The van der Waals surface area contributed by atoms with Gasteiger partial charge < -0.3 is 9.15 Å². The standard InChI is InChI=1S/C20H23ClN2O3/c1-12(24)25-15-6-5-13-9-14(19(21)23-18(13)15)16-11-22-17(26-16)10-20(2)7-3-4-8-20/h9,11,15H,3-8,10H2,1-2H3. The predicted octanol–water partition coefficient (Wildman–Crippen LogP) is 5.06. The quantitative estimate of drug-likeness (QED) is 0.552. The molecule has 1 fully saturated rings. The van der Waals surface area contributed by atoms with Crippen molar-refractivity contribution in [2.45, 2.75) is 64.9 Å². The minimum absolute atomic E-state index is 0.291. The first-order chi connectivity index (χ1) is 12.4. The Balaban J connectivity index is 1.58. The van der Waals surface area contributed by atoms with Gasteiger partial charge in [-0.1, -0.05) is 31.4 Å². The molecule has 2 aliphatic carbocycles. The van der Waals surface area contributed by atoms with E-state index in [0.717, 1.165) is 42.0 Å². The zero-order chi connectivity index (χ0) is 18.3. The van der Waals surface area contributed by atoms with Gasteiger partial charge in [0.1, 0.15) is 11.3 Å². The van der Waals surface area contributed by atoms with Crippen molar-refractivity contribution in [2.24, 2.45) is 5.41 Å². The summed E-state index contributed by atoms with van der Waals surface area (Å²) in [7, 11) is 0. The molecule has 0 spiro atoms. The zero-order valence-corrected chi connectivity index (χ0v) is 15.9. The Kier molecular flexibility index (Phi) is 4.51. The molecule has 1 atom stereocenters. The van der Waals surface area contributed by atoms with Gasteiger partial charge in [-0.2, -0.15) is 0 Å². The molecule has 1 saturated carbocycles. The van der Waals surface area contributed by atoms with Gasteiger partial charge in [0, 0.05) is 13.3 Å². The van der Waals surface area contributed by atoms with Gasteiger partial charge in [0.25, 0.3) is 0 Å². The number of halogens is 1. The summed E-state index contributed by atoms with van der Waals surface area (Å²) in [5.41, 5.74) is 2.85. The molecule has 0 radical (unpaired) electrons. The smallest absolute Gasteiger partial charge is 0.303 e. The van der Waals surface area contributed by atoms with Crippen molar-refractivity contribution in [3.05, 3.63) is 34.6 Å². The third-order valence-corrected chi connectivity index (χ3v) is 5.87. The van der Waals surface area contributed by atoms with Crippen LogP contribution in [0.15, 0.2) is 16.7 Å². The first-order valence-corrected chi connectivity index (χ1v) is 9.63. The Hall–Kier alpha value is -1.88. The number of aryl methyl sites for hydroxylation is 1. The van der Waals surface area contributed by atoms with Gasteiger partial charge in [-0.05, 0) is 42.7 Å². The Labute approximate surface area is 158 Å². The van der Waals surface area contributed by atoms with Gasteiger partial charge in [0.2, 0.25) is 0 Å². The number of aromatic nitrogens is 2. The Morgan fingerprint density at radius 2 is 2.19 bits per heavy atom. The molecule has 0 aliphatic heterocycles. The first-order valence-electron chi connectivity index (χ1n) is 9.25. The van der Waals surface area contributed by atoms with E-state index < -0.39 is 0 Å². The highest BCUT2D eigenvalue weighted by Crippen LogP contribution is 2.41. The fourth-order valence-electron chi connectivity index (χ4n) is 4.22. The Morgan fingerprint density at radius 3 is 2.92 bits per heavy atom. The van der Waals surface area contributed by atoms with E-state index >= 15 is 0 Å². The zero-order valence-electron chi connectivity index (χ0n) is 15.2. The number of fused-ring (bicyclic) bond motifs is 1. The van der Waals surface area contributed by atoms with Crippen LogP contribution in [0.3, 0.4) is 0 Å². The lowest BCUT2D eigenvalue weighted by Gasteiger charge is -2.20. The van der Waals surface area contributed by atoms with Crippen LogP contribution in [-0.2, 0) is 22.4 Å². The summed E-state index contributed by atoms with van der Waals surface area (Å²) in [6.07, 6.45) is 8.86. The second-order valence-corrected chi connectivity index (χ2v) is 8.18. The third kappa shape index (κ3) is 3.37. The van der Waals surface area contributed by atoms with E-state index in [2.05, 4.69) is 16.9 Å². The molecule has 26 heavy (non-hydrogen) atoms. The number of carbonyl (C=O) groups is 1. The molecule has 0 saturated heterocycles. The number of pyridine rings is 1. The Bertz CT molecular complexity index is 840. The second-order valence-electron chi connectivity index (χ2n) is 7.82. The molecule has 0 aromatic carbocycles. The van der Waals surface area contributed by atoms with Gasteiger partial charge in [-0.3, -0.25) is 4.79 Å². The number of ether oxygens (including phenoxy) is 1. The molecule has 2 aromatic rings. The van der Waals surface area contributed by atoms with E-state index in [1.807, 2.05) is 6.07 Å². The maximum Gasteiger partial charge on any atom is 0.303 e. The SMILES string of the molecule is CC(=O)OC1CCc2cc(-c3cnc(CC4(C)CCCC4)o3)c(Cl)nc21. The molecule has 0 N–H and O–H groups in total. The van der Waals surface area contributed by atoms with Crippen LogP contribution in [0.25, 0.3) is 11.3 Å². The van der Waals surface area contributed by atoms with Crippen LogP contribution in [0.1, 0.15) is 69.2 Å². The average molecular weight is 375 g/mol. The highest BCUT2D eigenvalue weighted by molar-refractivity contribution is 6.32. The fourth-order valence-corrected chi connectivity index (χ4v) is 4.46. The molecule has 2 aliphatic rings. The van der Waals surface area contributed by atoms with Gasteiger partial charge in [-0.25, -0.2) is 9.97 Å². The second kappa shape index (κ2) is 6.69. The van der Waals surface area contributed by atoms with Gasteiger partial charge in [0.05, 0.1) is 17.5 Å². The van der Waals surface area contributed by atoms with Crippen LogP contribution >= 0.6 is 11.6 Å². The lowest BCUT2D eigenvalue weighted by molar-refractivity contribution is -0.146. The van der Waals surface area contributed by atoms with Crippen molar-refractivity contribution in [3.63, 3.8) is 0 Å². The summed E-state index contributed by atoms with van der Waals surface area (Å²) in [5, 5.41) is 0.359. The number of rotatable bonds is 4. The van der Waals surface area contributed by atoms with Crippen molar-refractivity contribution in [3.8, 4) is 11.3 Å². The average Bonchev–Trinajstić information content (AvgIpc) is 3.29. The predicted molar refractivity (Wildman–Crippen MR) is 97.9 cm³/mol. The molecular weight excluding hydrogens is 352 g/mol. The summed E-state index contributed by atoms with van der Waals surface area (Å²) < 4.78 is 11.3. The van der Waals surface area contributed by atoms with Crippen molar-refractivity contribution < 1.29 is 13.9 Å². The number of hydrogen-bond donors (Lipinski definition) is 0. The fraction of sp³-hybridized carbons (Fsp3) is 0.550. The molecular formula is C20H23ClN2O3. The van der Waals surface area contributed by atoms with E-state index in [1.165, 1.54) is 32.6 Å². The first kappa shape index (κ1) is 17.5. The van der Waals surface area contributed by atoms with E-state index in [9.17, 15) is 4.79 Å². The van der Waals surface area contributed by atoms with E-state index in [0.29, 0.717) is 16.3 Å². The van der Waals surface area contributed by atoms with Gasteiger partial charge >= 0.3 is 5.97 Å². The van der Waals surface area contributed by atoms with E-state index in [1.54, 1.807) is 6.20 Å². The van der Waals surface area contributed by atoms with Crippen molar-refractivity contribution >= 4 is 17.6 Å². The number of carbonyl (C=O) groups excluding carboxylic acids is 1. The monoisotopic (exact) mass is 374 g/mol. The summed E-state index contributed by atoms with van der Waals surface area (Å²) >= 11 is 6.41.